The molecule has 1 aliphatic rings. The molecule has 0 bridgehead atoms. The average Bonchev–Trinajstić information content (AvgIpc) is 2.92. The highest BCUT2D eigenvalue weighted by Crippen LogP contribution is 2.39. The van der Waals surface area contributed by atoms with Crippen molar-refractivity contribution in [2.45, 2.75) is 13.0 Å². The van der Waals surface area contributed by atoms with E-state index in [-0.39, 0.29) is 17.6 Å². The van der Waals surface area contributed by atoms with Crippen LogP contribution in [0.4, 0.5) is 0 Å². The van der Waals surface area contributed by atoms with Crippen LogP contribution in [0.1, 0.15) is 28.9 Å². The number of amides is 1. The highest BCUT2D eigenvalue weighted by molar-refractivity contribution is 5.98. The Morgan fingerprint density at radius 3 is 2.57 bits per heavy atom. The normalized spacial score (nSPS) is 20.5. The number of imidazole rings is 1. The largest absolute Gasteiger partial charge is 0.331 e. The summed E-state index contributed by atoms with van der Waals surface area (Å²) >= 11 is 0. The summed E-state index contributed by atoms with van der Waals surface area (Å²) in [6.07, 6.45) is 0. The summed E-state index contributed by atoms with van der Waals surface area (Å²) in [5.74, 6) is 0.443. The van der Waals surface area contributed by atoms with Crippen molar-refractivity contribution in [3.63, 3.8) is 0 Å². The van der Waals surface area contributed by atoms with Gasteiger partial charge in [0.1, 0.15) is 0 Å². The molecule has 1 aliphatic heterocycles. The molecule has 5 nitrogen and oxygen atoms in total. The minimum atomic E-state index is -0.260. The van der Waals surface area contributed by atoms with Crippen LogP contribution < -0.4 is 5.69 Å². The predicted octanol–water partition coefficient (Wildman–Crippen LogP) is 2.69. The molecule has 0 radical (unpaired) electrons. The second kappa shape index (κ2) is 5.12. The molecule has 1 fully saturated rings. The van der Waals surface area contributed by atoms with E-state index in [2.05, 4.69) is 29.0 Å². The lowest BCUT2D eigenvalue weighted by Gasteiger charge is -2.47. The zero-order valence-corrected chi connectivity index (χ0v) is 12.7. The van der Waals surface area contributed by atoms with Crippen LogP contribution in [-0.2, 0) is 0 Å². The van der Waals surface area contributed by atoms with E-state index in [1.54, 1.807) is 18.2 Å². The fraction of sp³-hybridized carbons (Fsp3) is 0.222. The van der Waals surface area contributed by atoms with Crippen molar-refractivity contribution < 1.29 is 4.79 Å². The third-order valence-corrected chi connectivity index (χ3v) is 4.52. The highest BCUT2D eigenvalue weighted by atomic mass is 16.2. The van der Waals surface area contributed by atoms with Gasteiger partial charge in [-0.15, -0.1) is 0 Å². The van der Waals surface area contributed by atoms with E-state index in [4.69, 9.17) is 0 Å². The van der Waals surface area contributed by atoms with Gasteiger partial charge in [-0.05, 0) is 29.7 Å². The van der Waals surface area contributed by atoms with Crippen molar-refractivity contribution in [1.29, 1.82) is 0 Å². The van der Waals surface area contributed by atoms with Crippen LogP contribution in [0, 0.1) is 5.92 Å². The van der Waals surface area contributed by atoms with Gasteiger partial charge in [0, 0.05) is 12.1 Å². The number of rotatable bonds is 2. The Morgan fingerprint density at radius 2 is 1.83 bits per heavy atom. The van der Waals surface area contributed by atoms with Gasteiger partial charge in [0.25, 0.3) is 5.91 Å². The maximum Gasteiger partial charge on any atom is 0.323 e. The maximum absolute atomic E-state index is 12.8. The summed E-state index contributed by atoms with van der Waals surface area (Å²) in [5.41, 5.74) is 2.87. The number of likely N-dealkylation sites (tertiary alicyclic amines) is 1. The third-order valence-electron chi connectivity index (χ3n) is 4.52. The minimum Gasteiger partial charge on any atom is -0.331 e. The molecule has 4 rings (SSSR count). The van der Waals surface area contributed by atoms with Gasteiger partial charge < -0.3 is 14.9 Å². The zero-order chi connectivity index (χ0) is 16.0. The van der Waals surface area contributed by atoms with Gasteiger partial charge in [-0.2, -0.15) is 0 Å². The van der Waals surface area contributed by atoms with Crippen molar-refractivity contribution in [1.82, 2.24) is 14.9 Å². The Labute approximate surface area is 133 Å². The van der Waals surface area contributed by atoms with E-state index in [9.17, 15) is 9.59 Å². The van der Waals surface area contributed by atoms with Crippen LogP contribution in [0.15, 0.2) is 53.3 Å². The standard InChI is InChI=1S/C18H17N3O2/c1-11-10-21(16(11)12-5-3-2-4-6-12)17(22)13-7-8-14-15(9-13)20-18(23)19-14/h2-9,11,16H,10H2,1H3,(H2,19,20,23)/t11-,16-/m0/s1. The lowest BCUT2D eigenvalue weighted by atomic mass is 9.84. The molecule has 5 heteroatoms. The molecular formula is C18H17N3O2. The van der Waals surface area contributed by atoms with Crippen molar-refractivity contribution in [2.75, 3.05) is 6.54 Å². The molecule has 0 unspecified atom stereocenters. The van der Waals surface area contributed by atoms with Crippen molar-refractivity contribution in [3.8, 4) is 0 Å². The van der Waals surface area contributed by atoms with Gasteiger partial charge in [0.05, 0.1) is 17.1 Å². The van der Waals surface area contributed by atoms with Gasteiger partial charge >= 0.3 is 5.69 Å². The van der Waals surface area contributed by atoms with Gasteiger partial charge in [-0.1, -0.05) is 37.3 Å². The molecule has 0 aliphatic carbocycles. The molecule has 23 heavy (non-hydrogen) atoms. The average molecular weight is 307 g/mol. The van der Waals surface area contributed by atoms with Crippen LogP contribution in [0.2, 0.25) is 0 Å². The smallest absolute Gasteiger partial charge is 0.323 e. The first kappa shape index (κ1) is 13.8. The van der Waals surface area contributed by atoms with E-state index in [0.29, 0.717) is 22.5 Å². The van der Waals surface area contributed by atoms with Crippen molar-refractivity contribution >= 4 is 16.9 Å². The van der Waals surface area contributed by atoms with E-state index in [0.717, 1.165) is 12.1 Å². The molecule has 3 aromatic rings. The van der Waals surface area contributed by atoms with Crippen molar-refractivity contribution in [3.05, 3.63) is 70.1 Å². The van der Waals surface area contributed by atoms with E-state index < -0.39 is 0 Å². The topological polar surface area (TPSA) is 69.0 Å². The summed E-state index contributed by atoms with van der Waals surface area (Å²) in [6.45, 7) is 2.91. The SMILES string of the molecule is C[C@H]1CN(C(=O)c2ccc3[nH]c(=O)[nH]c3c2)[C@@H]1c1ccccc1. The van der Waals surface area contributed by atoms with Crippen LogP contribution in [-0.4, -0.2) is 27.3 Å². The van der Waals surface area contributed by atoms with Crippen LogP contribution in [0.25, 0.3) is 11.0 Å². The molecule has 0 spiro atoms. The van der Waals surface area contributed by atoms with Crippen LogP contribution in [0.5, 0.6) is 0 Å². The fourth-order valence-corrected chi connectivity index (χ4v) is 3.39. The number of carbonyl (C=O) groups excluding carboxylic acids is 1. The minimum absolute atomic E-state index is 0.000835. The second-order valence-corrected chi connectivity index (χ2v) is 6.13. The van der Waals surface area contributed by atoms with Gasteiger partial charge in [0.2, 0.25) is 0 Å². The van der Waals surface area contributed by atoms with E-state index in [1.807, 2.05) is 23.1 Å². The Morgan fingerprint density at radius 1 is 1.09 bits per heavy atom. The number of aromatic nitrogens is 2. The quantitative estimate of drug-likeness (QED) is 0.764. The Hall–Kier alpha value is -2.82. The summed E-state index contributed by atoms with van der Waals surface area (Å²) in [5, 5.41) is 0. The summed E-state index contributed by atoms with van der Waals surface area (Å²) in [6, 6.07) is 15.5. The maximum atomic E-state index is 12.8. The number of hydrogen-bond acceptors (Lipinski definition) is 2. The molecule has 2 heterocycles. The van der Waals surface area contributed by atoms with Crippen LogP contribution in [0.3, 0.4) is 0 Å². The number of hydrogen-bond donors (Lipinski definition) is 2. The van der Waals surface area contributed by atoms with Gasteiger partial charge in [0.15, 0.2) is 0 Å². The molecule has 2 aromatic carbocycles. The molecule has 2 N–H and O–H groups in total. The first-order valence-electron chi connectivity index (χ1n) is 7.71. The number of aromatic amines is 2. The number of fused-ring (bicyclic) bond motifs is 1. The molecule has 1 amide bonds. The first-order valence-corrected chi connectivity index (χ1v) is 7.71. The van der Waals surface area contributed by atoms with Gasteiger partial charge in [-0.3, -0.25) is 4.79 Å². The molecule has 1 saturated heterocycles. The number of nitrogens with zero attached hydrogens (tertiary/aromatic N) is 1. The Bertz CT molecular complexity index is 926. The Balaban J connectivity index is 1.66. The van der Waals surface area contributed by atoms with Gasteiger partial charge in [-0.25, -0.2) is 4.79 Å². The lowest BCUT2D eigenvalue weighted by Crippen LogP contribution is -2.51. The number of benzene rings is 2. The number of nitrogens with one attached hydrogen (secondary N) is 2. The third kappa shape index (κ3) is 2.25. The lowest BCUT2D eigenvalue weighted by molar-refractivity contribution is 0.0198. The monoisotopic (exact) mass is 307 g/mol. The van der Waals surface area contributed by atoms with E-state index in [1.165, 1.54) is 0 Å². The van der Waals surface area contributed by atoms with E-state index >= 15 is 0 Å². The summed E-state index contributed by atoms with van der Waals surface area (Å²) in [4.78, 5) is 31.5. The molecule has 116 valence electrons. The highest BCUT2D eigenvalue weighted by Gasteiger charge is 2.40. The fourth-order valence-electron chi connectivity index (χ4n) is 3.39. The molecular weight excluding hydrogens is 290 g/mol. The van der Waals surface area contributed by atoms with Crippen molar-refractivity contribution in [2.24, 2.45) is 5.92 Å². The summed E-state index contributed by atoms with van der Waals surface area (Å²) < 4.78 is 0. The summed E-state index contributed by atoms with van der Waals surface area (Å²) in [7, 11) is 0. The first-order chi connectivity index (χ1) is 11.1. The second-order valence-electron chi connectivity index (χ2n) is 6.13. The number of carbonyl (C=O) groups is 1. The number of H-pyrrole nitrogens is 2. The van der Waals surface area contributed by atoms with Crippen LogP contribution >= 0.6 is 0 Å². The zero-order valence-electron chi connectivity index (χ0n) is 12.7. The molecule has 1 aromatic heterocycles. The predicted molar refractivity (Wildman–Crippen MR) is 88.3 cm³/mol. The molecule has 2 atom stereocenters. The Kier molecular flexibility index (Phi) is 3.08. The molecule has 0 saturated carbocycles.